The number of hydrogen-bond donors (Lipinski definition) is 2. The lowest BCUT2D eigenvalue weighted by molar-refractivity contribution is -0.122. The molecule has 1 amide bonds. The second-order valence-electron chi connectivity index (χ2n) is 5.80. The number of nitrogens with one attached hydrogen (secondary N) is 2. The summed E-state index contributed by atoms with van der Waals surface area (Å²) < 4.78 is 1.82. The number of carbonyl (C=O) groups excluding carboxylic acids is 1. The molecule has 5 nitrogen and oxygen atoms in total. The summed E-state index contributed by atoms with van der Waals surface area (Å²) >= 11 is 0. The smallest absolute Gasteiger partial charge is 0.250 e. The number of aryl methyl sites for hydroxylation is 2. The van der Waals surface area contributed by atoms with Crippen molar-refractivity contribution in [1.29, 1.82) is 0 Å². The van der Waals surface area contributed by atoms with Gasteiger partial charge in [0.05, 0.1) is 5.69 Å². The van der Waals surface area contributed by atoms with Crippen LogP contribution in [0, 0.1) is 12.8 Å². The van der Waals surface area contributed by atoms with Crippen LogP contribution in [0.15, 0.2) is 0 Å². The number of hydrogen-bond acceptors (Lipinski definition) is 3. The fraction of sp³-hybridized carbons (Fsp3) is 0.692. The summed E-state index contributed by atoms with van der Waals surface area (Å²) in [5.74, 6) is 1.65. The van der Waals surface area contributed by atoms with Gasteiger partial charge in [0.1, 0.15) is 17.0 Å². The van der Waals surface area contributed by atoms with Gasteiger partial charge >= 0.3 is 0 Å². The molecule has 0 aromatic carbocycles. The Hall–Kier alpha value is -1.52. The first-order chi connectivity index (χ1) is 8.52. The lowest BCUT2D eigenvalue weighted by atomic mass is 9.75. The number of anilines is 2. The summed E-state index contributed by atoms with van der Waals surface area (Å²) in [7, 11) is 1.91. The third kappa shape index (κ3) is 1.53. The number of aromatic nitrogens is 2. The van der Waals surface area contributed by atoms with Gasteiger partial charge in [0, 0.05) is 7.05 Å². The van der Waals surface area contributed by atoms with Crippen LogP contribution in [0.5, 0.6) is 0 Å². The van der Waals surface area contributed by atoms with Gasteiger partial charge in [0.25, 0.3) is 0 Å². The zero-order chi connectivity index (χ0) is 12.9. The first-order valence-electron chi connectivity index (χ1n) is 6.65. The van der Waals surface area contributed by atoms with Gasteiger partial charge in [-0.05, 0) is 25.7 Å². The number of fused-ring (bicyclic) bond motifs is 1. The second kappa shape index (κ2) is 3.73. The highest BCUT2D eigenvalue weighted by atomic mass is 16.2. The normalized spacial score (nSPS) is 30.8. The Balaban J connectivity index is 2.00. The van der Waals surface area contributed by atoms with E-state index in [0.717, 1.165) is 36.5 Å². The van der Waals surface area contributed by atoms with Crippen molar-refractivity contribution in [3.8, 4) is 0 Å². The van der Waals surface area contributed by atoms with Crippen LogP contribution in [0.2, 0.25) is 0 Å². The van der Waals surface area contributed by atoms with Crippen LogP contribution in [0.1, 0.15) is 38.3 Å². The molecule has 3 rings (SSSR count). The molecule has 1 spiro atoms. The molecule has 0 bridgehead atoms. The molecule has 1 aliphatic heterocycles. The van der Waals surface area contributed by atoms with E-state index in [1.165, 1.54) is 6.42 Å². The van der Waals surface area contributed by atoms with E-state index in [-0.39, 0.29) is 5.91 Å². The van der Waals surface area contributed by atoms with E-state index in [1.807, 2.05) is 18.7 Å². The van der Waals surface area contributed by atoms with Crippen molar-refractivity contribution < 1.29 is 4.79 Å². The van der Waals surface area contributed by atoms with Gasteiger partial charge in [-0.3, -0.25) is 9.48 Å². The highest BCUT2D eigenvalue weighted by Crippen LogP contribution is 2.41. The van der Waals surface area contributed by atoms with Gasteiger partial charge in [0.2, 0.25) is 5.91 Å². The van der Waals surface area contributed by atoms with Crippen LogP contribution in [-0.4, -0.2) is 21.2 Å². The zero-order valence-electron chi connectivity index (χ0n) is 11.2. The second-order valence-corrected chi connectivity index (χ2v) is 5.80. The van der Waals surface area contributed by atoms with E-state index in [0.29, 0.717) is 5.92 Å². The van der Waals surface area contributed by atoms with Gasteiger partial charge < -0.3 is 10.6 Å². The summed E-state index contributed by atoms with van der Waals surface area (Å²) in [5, 5.41) is 10.9. The van der Waals surface area contributed by atoms with Crippen LogP contribution in [0.25, 0.3) is 0 Å². The predicted molar refractivity (Wildman–Crippen MR) is 70.6 cm³/mol. The zero-order valence-corrected chi connectivity index (χ0v) is 11.2. The molecule has 98 valence electrons. The van der Waals surface area contributed by atoms with Crippen molar-refractivity contribution in [3.05, 3.63) is 5.69 Å². The first kappa shape index (κ1) is 11.6. The Bertz CT molecular complexity index is 507. The Labute approximate surface area is 107 Å². The molecule has 0 saturated heterocycles. The maximum Gasteiger partial charge on any atom is 0.250 e. The number of carbonyl (C=O) groups is 1. The summed E-state index contributed by atoms with van der Waals surface area (Å²) in [6.45, 7) is 4.14. The number of rotatable bonds is 0. The molecule has 1 aromatic heterocycles. The minimum Gasteiger partial charge on any atom is -0.354 e. The summed E-state index contributed by atoms with van der Waals surface area (Å²) in [5.41, 5.74) is 1.28. The highest BCUT2D eigenvalue weighted by molar-refractivity contribution is 6.06. The Morgan fingerprint density at radius 1 is 1.50 bits per heavy atom. The molecule has 1 saturated carbocycles. The number of amides is 1. The average molecular weight is 248 g/mol. The molecule has 2 heterocycles. The summed E-state index contributed by atoms with van der Waals surface area (Å²) in [6.07, 6.45) is 4.14. The van der Waals surface area contributed by atoms with E-state index in [9.17, 15) is 4.79 Å². The van der Waals surface area contributed by atoms with Crippen LogP contribution in [0.3, 0.4) is 0 Å². The van der Waals surface area contributed by atoms with Crippen LogP contribution >= 0.6 is 0 Å². The van der Waals surface area contributed by atoms with Crippen LogP contribution < -0.4 is 10.6 Å². The van der Waals surface area contributed by atoms with E-state index in [1.54, 1.807) is 0 Å². The minimum absolute atomic E-state index is 0.109. The van der Waals surface area contributed by atoms with Gasteiger partial charge in [0.15, 0.2) is 0 Å². The first-order valence-corrected chi connectivity index (χ1v) is 6.65. The molecule has 0 radical (unpaired) electrons. The fourth-order valence-corrected chi connectivity index (χ4v) is 3.34. The molecule has 2 unspecified atom stereocenters. The third-order valence-electron chi connectivity index (χ3n) is 4.25. The van der Waals surface area contributed by atoms with Crippen molar-refractivity contribution in [3.63, 3.8) is 0 Å². The van der Waals surface area contributed by atoms with Crippen LogP contribution in [0.4, 0.5) is 11.5 Å². The predicted octanol–water partition coefficient (Wildman–Crippen LogP) is 2.04. The third-order valence-corrected chi connectivity index (χ3v) is 4.25. The summed E-state index contributed by atoms with van der Waals surface area (Å²) in [6, 6.07) is 0. The largest absolute Gasteiger partial charge is 0.354 e. The molecule has 1 aliphatic carbocycles. The van der Waals surface area contributed by atoms with Crippen molar-refractivity contribution in [1.82, 2.24) is 9.78 Å². The standard InChI is InChI=1S/C13H20N4O/c1-8-5-4-6-13(7-8)12(18)14-10-9(2)16-17(3)11(10)15-13/h8,15H,4-7H2,1-3H3,(H,14,18). The van der Waals surface area contributed by atoms with E-state index < -0.39 is 5.54 Å². The molecule has 2 aliphatic rings. The monoisotopic (exact) mass is 248 g/mol. The highest BCUT2D eigenvalue weighted by Gasteiger charge is 2.46. The van der Waals surface area contributed by atoms with Gasteiger partial charge in [-0.15, -0.1) is 0 Å². The maximum absolute atomic E-state index is 12.4. The van der Waals surface area contributed by atoms with Crippen molar-refractivity contribution in [2.75, 3.05) is 10.6 Å². The van der Waals surface area contributed by atoms with Gasteiger partial charge in [-0.1, -0.05) is 19.8 Å². The van der Waals surface area contributed by atoms with Gasteiger partial charge in [-0.2, -0.15) is 5.10 Å². The average Bonchev–Trinajstić information content (AvgIpc) is 2.56. The van der Waals surface area contributed by atoms with E-state index in [2.05, 4.69) is 22.7 Å². The minimum atomic E-state index is -0.426. The maximum atomic E-state index is 12.4. The van der Waals surface area contributed by atoms with E-state index in [4.69, 9.17) is 0 Å². The van der Waals surface area contributed by atoms with Crippen molar-refractivity contribution in [2.45, 2.75) is 45.1 Å². The molecular formula is C13H20N4O. The lowest BCUT2D eigenvalue weighted by Gasteiger charge is -2.42. The van der Waals surface area contributed by atoms with Gasteiger partial charge in [-0.25, -0.2) is 0 Å². The van der Waals surface area contributed by atoms with Crippen molar-refractivity contribution >= 4 is 17.4 Å². The lowest BCUT2D eigenvalue weighted by Crippen LogP contribution is -2.55. The Morgan fingerprint density at radius 2 is 2.28 bits per heavy atom. The fourth-order valence-electron chi connectivity index (χ4n) is 3.34. The molecule has 18 heavy (non-hydrogen) atoms. The molecule has 2 atom stereocenters. The summed E-state index contributed by atoms with van der Waals surface area (Å²) in [4.78, 5) is 12.4. The number of nitrogens with zero attached hydrogens (tertiary/aromatic N) is 2. The van der Waals surface area contributed by atoms with Crippen LogP contribution in [-0.2, 0) is 11.8 Å². The molecule has 2 N–H and O–H groups in total. The Kier molecular flexibility index (Phi) is 2.40. The van der Waals surface area contributed by atoms with Crippen molar-refractivity contribution in [2.24, 2.45) is 13.0 Å². The molecule has 1 fully saturated rings. The molecular weight excluding hydrogens is 228 g/mol. The quantitative estimate of drug-likeness (QED) is 0.738. The SMILES string of the molecule is Cc1nn(C)c2c1NC(=O)C1(CCCC(C)C1)N2. The molecule has 1 aromatic rings. The molecule has 5 heteroatoms. The Morgan fingerprint density at radius 3 is 3.00 bits per heavy atom. The topological polar surface area (TPSA) is 59.0 Å². The van der Waals surface area contributed by atoms with E-state index >= 15 is 0 Å².